The molecule has 0 bridgehead atoms. The number of amides is 2. The molecule has 1 unspecified atom stereocenters. The zero-order chi connectivity index (χ0) is 30.2. The highest BCUT2D eigenvalue weighted by molar-refractivity contribution is 5.96. The number of carbonyl (C=O) groups excluding carboxylic acids is 2. The van der Waals surface area contributed by atoms with Gasteiger partial charge in [-0.3, -0.25) is 15.0 Å². The Labute approximate surface area is 251 Å². The number of hydrogen-bond donors (Lipinski definition) is 4. The molecule has 0 aromatic heterocycles. The number of carbonyl (C=O) groups is 2. The molecule has 1 atom stereocenters. The lowest BCUT2D eigenvalue weighted by atomic mass is 10.00. The van der Waals surface area contributed by atoms with Crippen LogP contribution in [-0.4, -0.2) is 62.4 Å². The van der Waals surface area contributed by atoms with E-state index in [1.807, 2.05) is 84.9 Å². The van der Waals surface area contributed by atoms with Crippen molar-refractivity contribution in [3.05, 3.63) is 114 Å². The number of anilines is 2. The summed E-state index contributed by atoms with van der Waals surface area (Å²) in [6.07, 6.45) is 0. The maximum Gasteiger partial charge on any atom is 0.247 e. The number of nitrogens with two attached hydrogens (primary N) is 1. The molecule has 220 valence electrons. The molecule has 5 N–H and O–H groups in total. The highest BCUT2D eigenvalue weighted by Gasteiger charge is 2.25. The third-order valence-electron chi connectivity index (χ3n) is 7.57. The topological polar surface area (TPSA) is 124 Å². The quantitative estimate of drug-likeness (QED) is 0.165. The third-order valence-corrected chi connectivity index (χ3v) is 7.57. The molecular weight excluding hydrogens is 540 g/mol. The molecule has 0 radical (unpaired) electrons. The fraction of sp³-hybridized carbons (Fsp3) is 0.206. The Bertz CT molecular complexity index is 1570. The highest BCUT2D eigenvalue weighted by atomic mass is 16.5. The van der Waals surface area contributed by atoms with Crippen LogP contribution in [0, 0.1) is 5.41 Å². The van der Waals surface area contributed by atoms with E-state index in [4.69, 9.17) is 15.9 Å². The molecule has 43 heavy (non-hydrogen) atoms. The number of piperazine rings is 1. The number of nitrogen functional groups attached to an aromatic ring is 1. The van der Waals surface area contributed by atoms with Gasteiger partial charge in [0, 0.05) is 37.4 Å². The van der Waals surface area contributed by atoms with Gasteiger partial charge in [-0.25, -0.2) is 0 Å². The van der Waals surface area contributed by atoms with Gasteiger partial charge in [0.15, 0.2) is 0 Å². The van der Waals surface area contributed by atoms with Crippen molar-refractivity contribution in [1.29, 1.82) is 5.41 Å². The van der Waals surface area contributed by atoms with Crippen LogP contribution in [0.15, 0.2) is 103 Å². The van der Waals surface area contributed by atoms with E-state index in [1.165, 1.54) is 0 Å². The number of hydrogen-bond acceptors (Lipinski definition) is 6. The van der Waals surface area contributed by atoms with E-state index in [9.17, 15) is 9.59 Å². The van der Waals surface area contributed by atoms with Gasteiger partial charge in [0.05, 0.1) is 19.3 Å². The molecule has 0 spiro atoms. The van der Waals surface area contributed by atoms with Crippen LogP contribution in [0.1, 0.15) is 17.2 Å². The predicted octanol–water partition coefficient (Wildman–Crippen LogP) is 4.26. The summed E-state index contributed by atoms with van der Waals surface area (Å²) < 4.78 is 5.49. The Hall–Kier alpha value is -5.31. The van der Waals surface area contributed by atoms with Gasteiger partial charge < -0.3 is 30.9 Å². The number of rotatable bonds is 10. The second-order valence-corrected chi connectivity index (χ2v) is 10.3. The van der Waals surface area contributed by atoms with E-state index in [2.05, 4.69) is 15.5 Å². The minimum absolute atomic E-state index is 0.0618. The number of para-hydroxylation sites is 2. The van der Waals surface area contributed by atoms with E-state index in [-0.39, 0.29) is 24.2 Å². The number of benzene rings is 4. The molecule has 1 aliphatic heterocycles. The summed E-state index contributed by atoms with van der Waals surface area (Å²) >= 11 is 0. The van der Waals surface area contributed by atoms with Crippen molar-refractivity contribution in [3.63, 3.8) is 0 Å². The van der Waals surface area contributed by atoms with Gasteiger partial charge in [0.2, 0.25) is 11.8 Å². The minimum Gasteiger partial charge on any atom is -0.495 e. The zero-order valence-corrected chi connectivity index (χ0v) is 24.1. The van der Waals surface area contributed by atoms with Gasteiger partial charge in [-0.05, 0) is 41.0 Å². The first kappa shape index (κ1) is 29.2. The van der Waals surface area contributed by atoms with Gasteiger partial charge in [0.25, 0.3) is 0 Å². The fourth-order valence-corrected chi connectivity index (χ4v) is 5.21. The number of nitrogens with zero attached hydrogens (tertiary/aromatic N) is 2. The Morgan fingerprint density at radius 1 is 0.860 bits per heavy atom. The van der Waals surface area contributed by atoms with E-state index in [0.717, 1.165) is 28.1 Å². The Morgan fingerprint density at radius 2 is 1.53 bits per heavy atom. The zero-order valence-electron chi connectivity index (χ0n) is 24.1. The Balaban J connectivity index is 1.26. The average Bonchev–Trinajstić information content (AvgIpc) is 3.06. The van der Waals surface area contributed by atoms with Crippen molar-refractivity contribution >= 4 is 29.0 Å². The summed E-state index contributed by atoms with van der Waals surface area (Å²) in [6.45, 7) is 2.33. The van der Waals surface area contributed by atoms with E-state index >= 15 is 0 Å². The number of nitrogens with one attached hydrogen (secondary N) is 3. The van der Waals surface area contributed by atoms with Crippen LogP contribution in [0.25, 0.3) is 11.1 Å². The second-order valence-electron chi connectivity index (χ2n) is 10.3. The van der Waals surface area contributed by atoms with Gasteiger partial charge in [-0.1, -0.05) is 78.9 Å². The van der Waals surface area contributed by atoms with Crippen molar-refractivity contribution in [2.75, 3.05) is 50.1 Å². The Morgan fingerprint density at radius 3 is 2.23 bits per heavy atom. The van der Waals surface area contributed by atoms with E-state index in [1.54, 1.807) is 30.2 Å². The summed E-state index contributed by atoms with van der Waals surface area (Å²) in [5.74, 6) is 0.276. The van der Waals surface area contributed by atoms with Crippen molar-refractivity contribution in [3.8, 4) is 16.9 Å². The van der Waals surface area contributed by atoms with Gasteiger partial charge >= 0.3 is 0 Å². The standard InChI is InChI=1S/C34H36N6O3/c1-43-30-13-6-5-12-29(30)39-18-20-40(21-19-39)31(41)23-37-34(42)32(38-28-11-7-10-27(22-28)33(35)36)26-16-14-25(15-17-26)24-8-3-2-4-9-24/h2-17,22,32,38H,18-21,23H2,1H3,(H3,35,36)(H,37,42). The van der Waals surface area contributed by atoms with Crippen molar-refractivity contribution in [2.45, 2.75) is 6.04 Å². The maximum atomic E-state index is 13.6. The fourth-order valence-electron chi connectivity index (χ4n) is 5.21. The lowest BCUT2D eigenvalue weighted by molar-refractivity contribution is -0.133. The summed E-state index contributed by atoms with van der Waals surface area (Å²) in [7, 11) is 1.65. The van der Waals surface area contributed by atoms with Crippen molar-refractivity contribution in [1.82, 2.24) is 10.2 Å². The SMILES string of the molecule is COc1ccccc1N1CCN(C(=O)CNC(=O)C(Nc2cccc(C(=N)N)c2)c2ccc(-c3ccccc3)cc2)CC1. The molecule has 0 aliphatic carbocycles. The summed E-state index contributed by atoms with van der Waals surface area (Å²) in [4.78, 5) is 30.7. The molecule has 1 heterocycles. The molecule has 1 aliphatic rings. The number of ether oxygens (including phenoxy) is 1. The molecular formula is C34H36N6O3. The third kappa shape index (κ3) is 7.13. The summed E-state index contributed by atoms with van der Waals surface area (Å²) in [5, 5.41) is 13.9. The van der Waals surface area contributed by atoms with Gasteiger partial charge in [-0.2, -0.15) is 0 Å². The first-order chi connectivity index (χ1) is 20.9. The van der Waals surface area contributed by atoms with E-state index in [0.29, 0.717) is 37.4 Å². The van der Waals surface area contributed by atoms with E-state index < -0.39 is 6.04 Å². The molecule has 5 rings (SSSR count). The lowest BCUT2D eigenvalue weighted by Gasteiger charge is -2.36. The van der Waals surface area contributed by atoms with Crippen LogP contribution < -0.4 is 26.0 Å². The first-order valence-corrected chi connectivity index (χ1v) is 14.2. The highest BCUT2D eigenvalue weighted by Crippen LogP contribution is 2.28. The smallest absolute Gasteiger partial charge is 0.247 e. The molecule has 0 saturated carbocycles. The average molecular weight is 577 g/mol. The molecule has 9 heteroatoms. The monoisotopic (exact) mass is 576 g/mol. The minimum atomic E-state index is -0.776. The molecule has 4 aromatic rings. The van der Waals surface area contributed by atoms with Crippen LogP contribution in [0.3, 0.4) is 0 Å². The predicted molar refractivity (Wildman–Crippen MR) is 170 cm³/mol. The van der Waals surface area contributed by atoms with Crippen molar-refractivity contribution in [2.24, 2.45) is 5.73 Å². The molecule has 2 amide bonds. The van der Waals surface area contributed by atoms with Gasteiger partial charge in [0.1, 0.15) is 17.6 Å². The van der Waals surface area contributed by atoms with Crippen LogP contribution >= 0.6 is 0 Å². The molecule has 1 fully saturated rings. The largest absolute Gasteiger partial charge is 0.495 e. The Kier molecular flexibility index (Phi) is 9.21. The second kappa shape index (κ2) is 13.6. The van der Waals surface area contributed by atoms with Gasteiger partial charge in [-0.15, -0.1) is 0 Å². The van der Waals surface area contributed by atoms with Crippen LogP contribution in [0.2, 0.25) is 0 Å². The first-order valence-electron chi connectivity index (χ1n) is 14.2. The normalized spacial score (nSPS) is 13.6. The van der Waals surface area contributed by atoms with Crippen LogP contribution in [0.5, 0.6) is 5.75 Å². The van der Waals surface area contributed by atoms with Crippen molar-refractivity contribution < 1.29 is 14.3 Å². The molecule has 4 aromatic carbocycles. The molecule has 9 nitrogen and oxygen atoms in total. The summed E-state index contributed by atoms with van der Waals surface area (Å²) in [6, 6.07) is 31.9. The molecule has 1 saturated heterocycles. The maximum absolute atomic E-state index is 13.6. The summed E-state index contributed by atoms with van der Waals surface area (Å²) in [5.41, 5.74) is 10.7. The van der Waals surface area contributed by atoms with Crippen LogP contribution in [0.4, 0.5) is 11.4 Å². The number of amidine groups is 1. The lowest BCUT2D eigenvalue weighted by Crippen LogP contribution is -2.51. The number of methoxy groups -OCH3 is 1. The van der Waals surface area contributed by atoms with Crippen LogP contribution in [-0.2, 0) is 9.59 Å².